The Morgan fingerprint density at radius 3 is 2.60 bits per heavy atom. The topological polar surface area (TPSA) is 88.9 Å². The van der Waals surface area contributed by atoms with Crippen molar-refractivity contribution < 1.29 is 22.8 Å². The minimum Gasteiger partial charge on any atom is -0.345 e. The highest BCUT2D eigenvalue weighted by atomic mass is 32.2. The maximum absolute atomic E-state index is 13.6. The zero-order valence-electron chi connectivity index (χ0n) is 15.7. The molecule has 11 heteroatoms. The average Bonchev–Trinajstić information content (AvgIpc) is 3.07. The van der Waals surface area contributed by atoms with E-state index in [9.17, 15) is 22.8 Å². The number of nitrogens with zero attached hydrogens (tertiary/aromatic N) is 3. The summed E-state index contributed by atoms with van der Waals surface area (Å²) in [6, 6.07) is 8.34. The summed E-state index contributed by atoms with van der Waals surface area (Å²) >= 11 is 1.03. The number of carbonyl (C=O) groups excluding carboxylic acids is 2. The van der Waals surface area contributed by atoms with E-state index in [4.69, 9.17) is 0 Å². The molecule has 0 fully saturated rings. The van der Waals surface area contributed by atoms with Crippen LogP contribution in [-0.4, -0.2) is 32.3 Å². The fourth-order valence-corrected chi connectivity index (χ4v) is 3.16. The van der Waals surface area contributed by atoms with Crippen LogP contribution in [0.2, 0.25) is 0 Å². The molecule has 0 aliphatic heterocycles. The third kappa shape index (κ3) is 5.17. The Labute approximate surface area is 173 Å². The summed E-state index contributed by atoms with van der Waals surface area (Å²) in [5, 5.41) is 13.1. The van der Waals surface area contributed by atoms with Crippen LogP contribution in [0.1, 0.15) is 16.2 Å². The van der Waals surface area contributed by atoms with Gasteiger partial charge in [0.2, 0.25) is 5.91 Å². The van der Waals surface area contributed by atoms with Crippen LogP contribution in [-0.2, 0) is 18.4 Å². The third-order valence-electron chi connectivity index (χ3n) is 3.99. The number of thioether (sulfide) groups is 1. The SMILES string of the molecule is Cn1c(CNC(=O)c2ccccc2F)nnc1SCC(=O)Nc1cc(F)ccc1F. The van der Waals surface area contributed by atoms with E-state index in [1.807, 2.05) is 0 Å². The first-order valence-electron chi connectivity index (χ1n) is 8.64. The van der Waals surface area contributed by atoms with Crippen LogP contribution < -0.4 is 10.6 Å². The predicted molar refractivity (Wildman–Crippen MR) is 104 cm³/mol. The Morgan fingerprint density at radius 2 is 1.83 bits per heavy atom. The van der Waals surface area contributed by atoms with Gasteiger partial charge in [0.05, 0.1) is 23.5 Å². The van der Waals surface area contributed by atoms with E-state index >= 15 is 0 Å². The van der Waals surface area contributed by atoms with E-state index in [-0.39, 0.29) is 23.5 Å². The van der Waals surface area contributed by atoms with Gasteiger partial charge in [0.1, 0.15) is 17.5 Å². The molecule has 0 radical (unpaired) electrons. The van der Waals surface area contributed by atoms with Crippen molar-refractivity contribution in [1.82, 2.24) is 20.1 Å². The standard InChI is InChI=1S/C19H16F3N5O2S/c1-27-16(9-23-18(29)12-4-2-3-5-13(12)21)25-26-19(27)30-10-17(28)24-15-8-11(20)6-7-14(15)22/h2-8H,9-10H2,1H3,(H,23,29)(H,24,28). The number of amides is 2. The molecule has 0 saturated heterocycles. The van der Waals surface area contributed by atoms with Crippen molar-refractivity contribution in [2.75, 3.05) is 11.1 Å². The van der Waals surface area contributed by atoms with Crippen molar-refractivity contribution in [2.45, 2.75) is 11.7 Å². The second kappa shape index (κ2) is 9.44. The molecule has 3 rings (SSSR count). The van der Waals surface area contributed by atoms with Gasteiger partial charge in [-0.3, -0.25) is 9.59 Å². The van der Waals surface area contributed by atoms with Gasteiger partial charge in [-0.05, 0) is 24.3 Å². The minimum absolute atomic E-state index is 0.00206. The Bertz CT molecular complexity index is 1090. The zero-order chi connectivity index (χ0) is 21.7. The number of anilines is 1. The first kappa shape index (κ1) is 21.4. The molecule has 0 aliphatic rings. The number of halogens is 3. The maximum atomic E-state index is 13.6. The van der Waals surface area contributed by atoms with Gasteiger partial charge < -0.3 is 15.2 Å². The molecule has 0 unspecified atom stereocenters. The molecule has 7 nitrogen and oxygen atoms in total. The molecule has 0 aliphatic carbocycles. The smallest absolute Gasteiger partial charge is 0.254 e. The first-order valence-corrected chi connectivity index (χ1v) is 9.62. The number of carbonyl (C=O) groups is 2. The molecule has 1 aromatic heterocycles. The zero-order valence-corrected chi connectivity index (χ0v) is 16.5. The summed E-state index contributed by atoms with van der Waals surface area (Å²) in [6.07, 6.45) is 0. The molecule has 2 N–H and O–H groups in total. The fraction of sp³-hybridized carbons (Fsp3) is 0.158. The van der Waals surface area contributed by atoms with Crippen LogP contribution >= 0.6 is 11.8 Å². The monoisotopic (exact) mass is 435 g/mol. The Hall–Kier alpha value is -3.34. The summed E-state index contributed by atoms with van der Waals surface area (Å²) in [4.78, 5) is 24.1. The molecule has 0 spiro atoms. The van der Waals surface area contributed by atoms with Crippen molar-refractivity contribution in [2.24, 2.45) is 7.05 Å². The van der Waals surface area contributed by atoms with E-state index in [1.165, 1.54) is 18.2 Å². The van der Waals surface area contributed by atoms with Gasteiger partial charge in [0, 0.05) is 13.1 Å². The molecule has 156 valence electrons. The second-order valence-electron chi connectivity index (χ2n) is 6.08. The van der Waals surface area contributed by atoms with Crippen LogP contribution in [0.4, 0.5) is 18.9 Å². The largest absolute Gasteiger partial charge is 0.345 e. The Balaban J connectivity index is 1.55. The van der Waals surface area contributed by atoms with Gasteiger partial charge in [0.15, 0.2) is 11.0 Å². The van der Waals surface area contributed by atoms with Gasteiger partial charge in [-0.15, -0.1) is 10.2 Å². The van der Waals surface area contributed by atoms with Crippen molar-refractivity contribution in [1.29, 1.82) is 0 Å². The lowest BCUT2D eigenvalue weighted by molar-refractivity contribution is -0.113. The van der Waals surface area contributed by atoms with Crippen LogP contribution in [0.5, 0.6) is 0 Å². The molecular formula is C19H16F3N5O2S. The van der Waals surface area contributed by atoms with Crippen LogP contribution in [0.25, 0.3) is 0 Å². The quantitative estimate of drug-likeness (QED) is 0.557. The van der Waals surface area contributed by atoms with E-state index in [0.29, 0.717) is 11.0 Å². The summed E-state index contributed by atoms with van der Waals surface area (Å²) < 4.78 is 42.0. The Kier molecular flexibility index (Phi) is 6.72. The minimum atomic E-state index is -0.749. The van der Waals surface area contributed by atoms with Gasteiger partial charge in [-0.25, -0.2) is 13.2 Å². The highest BCUT2D eigenvalue weighted by Crippen LogP contribution is 2.18. The van der Waals surface area contributed by atoms with E-state index < -0.39 is 29.3 Å². The normalized spacial score (nSPS) is 10.7. The summed E-state index contributed by atoms with van der Waals surface area (Å²) in [5.41, 5.74) is -0.342. The molecule has 0 saturated carbocycles. The van der Waals surface area contributed by atoms with Crippen LogP contribution in [0, 0.1) is 17.5 Å². The highest BCUT2D eigenvalue weighted by Gasteiger charge is 2.15. The number of benzene rings is 2. The lowest BCUT2D eigenvalue weighted by Gasteiger charge is -2.07. The lowest BCUT2D eigenvalue weighted by atomic mass is 10.2. The van der Waals surface area contributed by atoms with Gasteiger partial charge in [0.25, 0.3) is 5.91 Å². The molecule has 2 amide bonds. The Morgan fingerprint density at radius 1 is 1.07 bits per heavy atom. The molecule has 3 aromatic rings. The number of aromatic nitrogens is 3. The molecule has 1 heterocycles. The van der Waals surface area contributed by atoms with Gasteiger partial charge in [-0.1, -0.05) is 23.9 Å². The summed E-state index contributed by atoms with van der Waals surface area (Å²) in [6.45, 7) is -0.00206. The number of hydrogen-bond acceptors (Lipinski definition) is 5. The molecular weight excluding hydrogens is 419 g/mol. The van der Waals surface area contributed by atoms with E-state index in [1.54, 1.807) is 17.7 Å². The van der Waals surface area contributed by atoms with Crippen molar-refractivity contribution >= 4 is 29.3 Å². The molecule has 0 bridgehead atoms. The second-order valence-corrected chi connectivity index (χ2v) is 7.02. The summed E-state index contributed by atoms with van der Waals surface area (Å²) in [7, 11) is 1.64. The fourth-order valence-electron chi connectivity index (χ4n) is 2.43. The molecule has 30 heavy (non-hydrogen) atoms. The number of hydrogen-bond donors (Lipinski definition) is 2. The predicted octanol–water partition coefficient (Wildman–Crippen LogP) is 2.89. The maximum Gasteiger partial charge on any atom is 0.254 e. The molecule has 2 aromatic carbocycles. The lowest BCUT2D eigenvalue weighted by Crippen LogP contribution is -2.25. The molecule has 0 atom stereocenters. The average molecular weight is 435 g/mol. The highest BCUT2D eigenvalue weighted by molar-refractivity contribution is 7.99. The van der Waals surface area contributed by atoms with Crippen molar-refractivity contribution in [3.8, 4) is 0 Å². The first-order chi connectivity index (χ1) is 14.3. The van der Waals surface area contributed by atoms with Gasteiger partial charge >= 0.3 is 0 Å². The van der Waals surface area contributed by atoms with Gasteiger partial charge in [-0.2, -0.15) is 0 Å². The number of rotatable bonds is 7. The third-order valence-corrected chi connectivity index (χ3v) is 5.01. The van der Waals surface area contributed by atoms with Crippen LogP contribution in [0.15, 0.2) is 47.6 Å². The van der Waals surface area contributed by atoms with Crippen molar-refractivity contribution in [3.05, 3.63) is 71.3 Å². The van der Waals surface area contributed by atoms with E-state index in [0.717, 1.165) is 30.0 Å². The summed E-state index contributed by atoms with van der Waals surface area (Å²) in [5.74, 6) is -2.94. The van der Waals surface area contributed by atoms with Crippen LogP contribution in [0.3, 0.4) is 0 Å². The van der Waals surface area contributed by atoms with E-state index in [2.05, 4.69) is 20.8 Å². The number of nitrogens with one attached hydrogen (secondary N) is 2. The van der Waals surface area contributed by atoms with Crippen molar-refractivity contribution in [3.63, 3.8) is 0 Å².